The summed E-state index contributed by atoms with van der Waals surface area (Å²) in [5, 5.41) is 4.54. The molecule has 92 valence electrons. The number of nitrogens with zero attached hydrogens (tertiary/aromatic N) is 1. The minimum absolute atomic E-state index is 0.420. The zero-order valence-electron chi connectivity index (χ0n) is 10.9. The number of amidine groups is 1. The van der Waals surface area contributed by atoms with Gasteiger partial charge in [0.25, 0.3) is 0 Å². The van der Waals surface area contributed by atoms with E-state index < -0.39 is 0 Å². The normalized spacial score (nSPS) is 24.4. The Morgan fingerprint density at radius 1 is 1.24 bits per heavy atom. The Bertz CT molecular complexity index is 420. The van der Waals surface area contributed by atoms with Crippen LogP contribution in [0.1, 0.15) is 25.0 Å². The molecule has 2 nitrogen and oxygen atoms in total. The second-order valence-corrected chi connectivity index (χ2v) is 5.86. The molecule has 2 rings (SSSR count). The highest BCUT2D eigenvalue weighted by Crippen LogP contribution is 2.26. The largest absolute Gasteiger partial charge is 0.335 e. The zero-order chi connectivity index (χ0) is 12.4. The third kappa shape index (κ3) is 2.83. The van der Waals surface area contributed by atoms with Gasteiger partial charge in [-0.05, 0) is 37.8 Å². The van der Waals surface area contributed by atoms with Gasteiger partial charge in [0, 0.05) is 11.4 Å². The smallest absolute Gasteiger partial charge is 0.161 e. The van der Waals surface area contributed by atoms with E-state index in [0.29, 0.717) is 12.0 Å². The van der Waals surface area contributed by atoms with Gasteiger partial charge in [-0.25, -0.2) is 0 Å². The maximum atomic E-state index is 4.71. The lowest BCUT2D eigenvalue weighted by Gasteiger charge is -2.24. The van der Waals surface area contributed by atoms with E-state index in [1.165, 1.54) is 16.8 Å². The number of hydrogen-bond donors (Lipinski definition) is 1. The van der Waals surface area contributed by atoms with Crippen molar-refractivity contribution < 1.29 is 0 Å². The molecule has 1 N–H and O–H groups in total. The molecule has 0 bridgehead atoms. The molecule has 1 aromatic carbocycles. The summed E-state index contributed by atoms with van der Waals surface area (Å²) in [6, 6.07) is 6.78. The van der Waals surface area contributed by atoms with Gasteiger partial charge in [0.2, 0.25) is 0 Å². The Morgan fingerprint density at radius 3 is 2.47 bits per heavy atom. The van der Waals surface area contributed by atoms with Gasteiger partial charge in [0.15, 0.2) is 5.17 Å². The summed E-state index contributed by atoms with van der Waals surface area (Å²) in [5.41, 5.74) is 3.76. The highest BCUT2D eigenvalue weighted by Gasteiger charge is 2.19. The van der Waals surface area contributed by atoms with Crippen molar-refractivity contribution in [1.29, 1.82) is 0 Å². The van der Waals surface area contributed by atoms with Gasteiger partial charge in [-0.2, -0.15) is 0 Å². The molecule has 0 fully saturated rings. The van der Waals surface area contributed by atoms with Crippen molar-refractivity contribution in [1.82, 2.24) is 0 Å². The summed E-state index contributed by atoms with van der Waals surface area (Å²) in [5.74, 6) is 1.82. The number of hydrogen-bond acceptors (Lipinski definition) is 3. The average Bonchev–Trinajstić information content (AvgIpc) is 2.28. The quantitative estimate of drug-likeness (QED) is 0.816. The van der Waals surface area contributed by atoms with E-state index in [9.17, 15) is 0 Å². The number of para-hydroxylation sites is 1. The maximum absolute atomic E-state index is 4.71. The van der Waals surface area contributed by atoms with Crippen molar-refractivity contribution in [3.63, 3.8) is 0 Å². The molecule has 1 aliphatic rings. The van der Waals surface area contributed by atoms with Crippen LogP contribution in [0.15, 0.2) is 23.2 Å². The lowest BCUT2D eigenvalue weighted by atomic mass is 10.1. The number of anilines is 1. The van der Waals surface area contributed by atoms with Crippen molar-refractivity contribution in [2.24, 2.45) is 10.9 Å². The van der Waals surface area contributed by atoms with E-state index >= 15 is 0 Å². The number of thioether (sulfide) groups is 1. The fraction of sp³-hybridized carbons (Fsp3) is 0.500. The first kappa shape index (κ1) is 12.5. The Kier molecular flexibility index (Phi) is 3.77. The van der Waals surface area contributed by atoms with Crippen LogP contribution in [-0.4, -0.2) is 17.0 Å². The van der Waals surface area contributed by atoms with Crippen LogP contribution in [0.5, 0.6) is 0 Å². The van der Waals surface area contributed by atoms with Gasteiger partial charge in [0.05, 0.1) is 6.04 Å². The van der Waals surface area contributed by atoms with Gasteiger partial charge < -0.3 is 5.32 Å². The molecule has 2 atom stereocenters. The molecule has 0 saturated carbocycles. The molecule has 3 heteroatoms. The molecule has 0 aromatic heterocycles. The van der Waals surface area contributed by atoms with Crippen LogP contribution in [0.3, 0.4) is 0 Å². The number of aliphatic imine (C=N–C) groups is 1. The topological polar surface area (TPSA) is 24.4 Å². The molecule has 0 saturated heterocycles. The monoisotopic (exact) mass is 248 g/mol. The second-order valence-electron chi connectivity index (χ2n) is 4.85. The van der Waals surface area contributed by atoms with Gasteiger partial charge in [-0.1, -0.05) is 36.9 Å². The van der Waals surface area contributed by atoms with Gasteiger partial charge in [0.1, 0.15) is 0 Å². The molecule has 1 heterocycles. The van der Waals surface area contributed by atoms with Crippen LogP contribution >= 0.6 is 11.8 Å². The third-order valence-electron chi connectivity index (χ3n) is 3.34. The van der Waals surface area contributed by atoms with E-state index in [0.717, 1.165) is 10.9 Å². The van der Waals surface area contributed by atoms with Crippen molar-refractivity contribution >= 4 is 22.6 Å². The minimum Gasteiger partial charge on any atom is -0.335 e. The van der Waals surface area contributed by atoms with Crippen molar-refractivity contribution in [2.45, 2.75) is 33.7 Å². The Hall–Kier alpha value is -0.960. The van der Waals surface area contributed by atoms with Crippen LogP contribution < -0.4 is 5.32 Å². The van der Waals surface area contributed by atoms with Crippen LogP contribution in [0.2, 0.25) is 0 Å². The van der Waals surface area contributed by atoms with Crippen molar-refractivity contribution in [3.05, 3.63) is 29.3 Å². The molecule has 17 heavy (non-hydrogen) atoms. The Balaban J connectivity index is 2.19. The van der Waals surface area contributed by atoms with E-state index in [4.69, 9.17) is 4.99 Å². The van der Waals surface area contributed by atoms with E-state index in [1.807, 2.05) is 11.8 Å². The predicted octanol–water partition coefficient (Wildman–Crippen LogP) is 3.84. The average molecular weight is 248 g/mol. The van der Waals surface area contributed by atoms with E-state index in [2.05, 4.69) is 51.2 Å². The summed E-state index contributed by atoms with van der Waals surface area (Å²) in [6.07, 6.45) is 0. The first-order valence-electron chi connectivity index (χ1n) is 6.11. The minimum atomic E-state index is 0.420. The van der Waals surface area contributed by atoms with Crippen LogP contribution in [0.25, 0.3) is 0 Å². The molecule has 0 aliphatic carbocycles. The fourth-order valence-electron chi connectivity index (χ4n) is 1.89. The lowest BCUT2D eigenvalue weighted by Crippen LogP contribution is -2.25. The summed E-state index contributed by atoms with van der Waals surface area (Å²) >= 11 is 1.83. The maximum Gasteiger partial charge on any atom is 0.161 e. The summed E-state index contributed by atoms with van der Waals surface area (Å²) in [6.45, 7) is 8.72. The highest BCUT2D eigenvalue weighted by molar-refractivity contribution is 8.14. The standard InChI is InChI=1S/C14H20N2S/c1-9-6-5-7-10(2)13(9)16-14-15-12(4)11(3)8-17-14/h5-7,11-12H,8H2,1-4H3,(H,15,16). The first-order chi connectivity index (χ1) is 8.08. The van der Waals surface area contributed by atoms with Gasteiger partial charge in [-0.3, -0.25) is 4.99 Å². The predicted molar refractivity (Wildman–Crippen MR) is 78.1 cm³/mol. The second kappa shape index (κ2) is 5.13. The molecule has 0 radical (unpaired) electrons. The number of nitrogens with one attached hydrogen (secondary N) is 1. The summed E-state index contributed by atoms with van der Waals surface area (Å²) in [4.78, 5) is 4.71. The molecular weight excluding hydrogens is 228 g/mol. The molecular formula is C14H20N2S. The first-order valence-corrected chi connectivity index (χ1v) is 7.10. The zero-order valence-corrected chi connectivity index (χ0v) is 11.8. The SMILES string of the molecule is Cc1cccc(C)c1NC1=NC(C)C(C)CS1. The van der Waals surface area contributed by atoms with Crippen molar-refractivity contribution in [2.75, 3.05) is 11.1 Å². The van der Waals surface area contributed by atoms with Crippen LogP contribution in [0.4, 0.5) is 5.69 Å². The van der Waals surface area contributed by atoms with Crippen LogP contribution in [-0.2, 0) is 0 Å². The number of benzene rings is 1. The Morgan fingerprint density at radius 2 is 1.88 bits per heavy atom. The van der Waals surface area contributed by atoms with Crippen molar-refractivity contribution in [3.8, 4) is 0 Å². The molecule has 1 aromatic rings. The molecule has 2 unspecified atom stereocenters. The van der Waals surface area contributed by atoms with Crippen LogP contribution in [0, 0.1) is 19.8 Å². The summed E-state index contributed by atoms with van der Waals surface area (Å²) < 4.78 is 0. The van der Waals surface area contributed by atoms with Gasteiger partial charge in [-0.15, -0.1) is 0 Å². The van der Waals surface area contributed by atoms with E-state index in [1.54, 1.807) is 0 Å². The Labute approximate surface area is 108 Å². The molecule has 1 aliphatic heterocycles. The summed E-state index contributed by atoms with van der Waals surface area (Å²) in [7, 11) is 0. The third-order valence-corrected chi connectivity index (χ3v) is 4.51. The van der Waals surface area contributed by atoms with E-state index in [-0.39, 0.29) is 0 Å². The molecule has 0 spiro atoms. The molecule has 0 amide bonds. The van der Waals surface area contributed by atoms with Gasteiger partial charge >= 0.3 is 0 Å². The number of aryl methyl sites for hydroxylation is 2. The lowest BCUT2D eigenvalue weighted by molar-refractivity contribution is 0.537. The fourth-order valence-corrected chi connectivity index (χ4v) is 3.00. The highest BCUT2D eigenvalue weighted by atomic mass is 32.2. The number of rotatable bonds is 1.